The largest absolute Gasteiger partial charge is 0.309 e. The van der Waals surface area contributed by atoms with Crippen LogP contribution in [0.25, 0.3) is 0 Å². The molecule has 1 aromatic heterocycles. The van der Waals surface area contributed by atoms with Gasteiger partial charge in [-0.2, -0.15) is 5.10 Å². The van der Waals surface area contributed by atoms with Gasteiger partial charge in [-0.1, -0.05) is 0 Å². The van der Waals surface area contributed by atoms with E-state index in [1.165, 1.54) is 11.9 Å². The number of likely N-dealkylation sites (tertiary alicyclic amines) is 1. The summed E-state index contributed by atoms with van der Waals surface area (Å²) in [5, 5.41) is 7.99. The van der Waals surface area contributed by atoms with Gasteiger partial charge in [-0.25, -0.2) is 13.1 Å². The molecule has 0 bridgehead atoms. The summed E-state index contributed by atoms with van der Waals surface area (Å²) in [5.74, 6) is 0. The fourth-order valence-corrected chi connectivity index (χ4v) is 3.91. The van der Waals surface area contributed by atoms with E-state index in [4.69, 9.17) is 0 Å². The number of aromatic nitrogens is 2. The van der Waals surface area contributed by atoms with Crippen molar-refractivity contribution in [1.29, 1.82) is 0 Å². The Bertz CT molecular complexity index is 576. The molecule has 10 heteroatoms. The van der Waals surface area contributed by atoms with Crippen LogP contribution in [0.4, 0.5) is 0 Å². The summed E-state index contributed by atoms with van der Waals surface area (Å²) in [6, 6.07) is 2.25. The highest BCUT2D eigenvalue weighted by molar-refractivity contribution is 7.88. The second kappa shape index (κ2) is 8.64. The van der Waals surface area contributed by atoms with Gasteiger partial charge >= 0.3 is 0 Å². The van der Waals surface area contributed by atoms with E-state index in [0.717, 1.165) is 57.8 Å². The molecule has 1 aromatic rings. The second-order valence-electron chi connectivity index (χ2n) is 5.97. The lowest BCUT2D eigenvalue weighted by Gasteiger charge is -2.31. The monoisotopic (exact) mass is 385 g/mol. The quantitative estimate of drug-likeness (QED) is 0.781. The first kappa shape index (κ1) is 20.7. The number of rotatable bonds is 4. The average molecular weight is 386 g/mol. The molecule has 7 nitrogen and oxygen atoms in total. The van der Waals surface area contributed by atoms with Crippen molar-refractivity contribution in [2.75, 3.05) is 25.9 Å². The van der Waals surface area contributed by atoms with Crippen molar-refractivity contribution >= 4 is 34.8 Å². The molecule has 0 spiro atoms. The van der Waals surface area contributed by atoms with Gasteiger partial charge in [0.05, 0.1) is 24.2 Å². The average Bonchev–Trinajstić information content (AvgIpc) is 2.81. The summed E-state index contributed by atoms with van der Waals surface area (Å²) < 4.78 is 27.3. The molecule has 134 valence electrons. The molecule has 0 unspecified atom stereocenters. The van der Waals surface area contributed by atoms with Gasteiger partial charge in [0.2, 0.25) is 10.0 Å². The zero-order valence-corrected chi connectivity index (χ0v) is 15.6. The van der Waals surface area contributed by atoms with E-state index in [1.807, 2.05) is 0 Å². The lowest BCUT2D eigenvalue weighted by molar-refractivity contribution is 0.197. The zero-order valence-electron chi connectivity index (χ0n) is 13.2. The van der Waals surface area contributed by atoms with Crippen LogP contribution < -0.4 is 10.0 Å². The number of nitrogens with one attached hydrogen (secondary N) is 2. The third-order valence-corrected chi connectivity index (χ3v) is 4.84. The van der Waals surface area contributed by atoms with Crippen LogP contribution in [0.15, 0.2) is 6.07 Å². The minimum atomic E-state index is -3.09. The molecule has 23 heavy (non-hydrogen) atoms. The van der Waals surface area contributed by atoms with Gasteiger partial charge < -0.3 is 5.32 Å². The molecule has 0 aliphatic carbocycles. The number of hydrogen-bond acceptors (Lipinski definition) is 5. The standard InChI is InChI=1S/C13H23N5O2S.2ClH/c1-21(19,20)16-11-2-5-17(6-3-11)10-12-8-13-9-14-4-7-18(13)15-12;;/h8,11,14,16H,2-7,9-10H2,1H3;2*1H. The highest BCUT2D eigenvalue weighted by Crippen LogP contribution is 2.15. The number of nitrogens with zero attached hydrogens (tertiary/aromatic N) is 3. The highest BCUT2D eigenvalue weighted by atomic mass is 35.5. The SMILES string of the molecule is CS(=O)(=O)NC1CCN(Cc2cc3n(n2)CCNC3)CC1.Cl.Cl. The molecule has 2 aliphatic heterocycles. The van der Waals surface area contributed by atoms with Gasteiger partial charge in [-0.05, 0) is 18.9 Å². The van der Waals surface area contributed by atoms with Crippen molar-refractivity contribution in [3.05, 3.63) is 17.5 Å². The molecule has 0 saturated carbocycles. The van der Waals surface area contributed by atoms with E-state index in [9.17, 15) is 8.42 Å². The Balaban J connectivity index is 0.00000132. The van der Waals surface area contributed by atoms with Crippen LogP contribution in [0.3, 0.4) is 0 Å². The smallest absolute Gasteiger partial charge is 0.208 e. The molecular weight excluding hydrogens is 361 g/mol. The fraction of sp³-hybridized carbons (Fsp3) is 0.769. The molecule has 1 saturated heterocycles. The van der Waals surface area contributed by atoms with Crippen molar-refractivity contribution in [3.63, 3.8) is 0 Å². The summed E-state index contributed by atoms with van der Waals surface area (Å²) in [6.45, 7) is 5.49. The Morgan fingerprint density at radius 1 is 1.30 bits per heavy atom. The number of piperidine rings is 1. The zero-order chi connectivity index (χ0) is 14.9. The van der Waals surface area contributed by atoms with E-state index in [-0.39, 0.29) is 30.9 Å². The van der Waals surface area contributed by atoms with Crippen LogP contribution in [0, 0.1) is 0 Å². The first-order chi connectivity index (χ1) is 9.99. The van der Waals surface area contributed by atoms with E-state index >= 15 is 0 Å². The fourth-order valence-electron chi connectivity index (χ4n) is 3.07. The van der Waals surface area contributed by atoms with Crippen molar-refractivity contribution in [2.45, 2.75) is 38.5 Å². The summed E-state index contributed by atoms with van der Waals surface area (Å²) in [5.41, 5.74) is 2.37. The topological polar surface area (TPSA) is 79.3 Å². The van der Waals surface area contributed by atoms with E-state index < -0.39 is 10.0 Å². The van der Waals surface area contributed by atoms with Gasteiger partial charge in [-0.15, -0.1) is 24.8 Å². The van der Waals surface area contributed by atoms with Crippen molar-refractivity contribution < 1.29 is 8.42 Å². The summed E-state index contributed by atoms with van der Waals surface area (Å²) in [4.78, 5) is 2.35. The number of sulfonamides is 1. The number of fused-ring (bicyclic) bond motifs is 1. The Labute approximate surface area is 150 Å². The molecule has 3 rings (SSSR count). The molecule has 2 aliphatic rings. The van der Waals surface area contributed by atoms with Crippen LogP contribution in [-0.2, 0) is 29.7 Å². The molecule has 0 aromatic carbocycles. The molecular formula is C13H25Cl2N5O2S. The van der Waals surface area contributed by atoms with Gasteiger partial charge in [0.1, 0.15) is 0 Å². The van der Waals surface area contributed by atoms with Crippen LogP contribution in [0.2, 0.25) is 0 Å². The first-order valence-electron chi connectivity index (χ1n) is 7.45. The van der Waals surface area contributed by atoms with Crippen LogP contribution in [-0.4, -0.2) is 55.0 Å². The van der Waals surface area contributed by atoms with Crippen LogP contribution >= 0.6 is 24.8 Å². The normalized spacial score (nSPS) is 19.5. The minimum Gasteiger partial charge on any atom is -0.309 e. The Kier molecular flexibility index (Phi) is 7.76. The summed E-state index contributed by atoms with van der Waals surface area (Å²) in [7, 11) is -3.09. The lowest BCUT2D eigenvalue weighted by Crippen LogP contribution is -2.44. The van der Waals surface area contributed by atoms with E-state index in [0.29, 0.717) is 0 Å². The summed E-state index contributed by atoms with van der Waals surface area (Å²) >= 11 is 0. The molecule has 0 amide bonds. The molecule has 2 N–H and O–H groups in total. The van der Waals surface area contributed by atoms with Gasteiger partial charge in [0.15, 0.2) is 0 Å². The minimum absolute atomic E-state index is 0. The predicted molar refractivity (Wildman–Crippen MR) is 94.7 cm³/mol. The van der Waals surface area contributed by atoms with Crippen LogP contribution in [0.5, 0.6) is 0 Å². The summed E-state index contributed by atoms with van der Waals surface area (Å²) in [6.07, 6.45) is 2.95. The first-order valence-corrected chi connectivity index (χ1v) is 9.35. The second-order valence-corrected chi connectivity index (χ2v) is 7.75. The van der Waals surface area contributed by atoms with Crippen molar-refractivity contribution in [1.82, 2.24) is 24.7 Å². The molecule has 0 radical (unpaired) electrons. The van der Waals surface area contributed by atoms with Gasteiger partial charge in [0, 0.05) is 38.8 Å². The number of halogens is 2. The highest BCUT2D eigenvalue weighted by Gasteiger charge is 2.22. The third-order valence-electron chi connectivity index (χ3n) is 4.07. The van der Waals surface area contributed by atoms with Gasteiger partial charge in [-0.3, -0.25) is 9.58 Å². The Hall–Kier alpha value is -0.380. The van der Waals surface area contributed by atoms with Crippen LogP contribution in [0.1, 0.15) is 24.2 Å². The third kappa shape index (κ3) is 5.88. The Morgan fingerprint density at radius 3 is 2.61 bits per heavy atom. The predicted octanol–water partition coefficient (Wildman–Crippen LogP) is 0.343. The Morgan fingerprint density at radius 2 is 2.00 bits per heavy atom. The molecule has 1 fully saturated rings. The maximum atomic E-state index is 11.2. The van der Waals surface area contributed by atoms with E-state index in [1.54, 1.807) is 0 Å². The maximum Gasteiger partial charge on any atom is 0.208 e. The molecule has 3 heterocycles. The van der Waals surface area contributed by atoms with E-state index in [2.05, 4.69) is 30.8 Å². The lowest BCUT2D eigenvalue weighted by atomic mass is 10.1. The van der Waals surface area contributed by atoms with Crippen molar-refractivity contribution in [2.24, 2.45) is 0 Å². The molecule has 0 atom stereocenters. The van der Waals surface area contributed by atoms with Gasteiger partial charge in [0.25, 0.3) is 0 Å². The maximum absolute atomic E-state index is 11.2. The van der Waals surface area contributed by atoms with Crippen molar-refractivity contribution in [3.8, 4) is 0 Å². The number of hydrogen-bond donors (Lipinski definition) is 2.